The number of aromatic nitrogens is 4. The van der Waals surface area contributed by atoms with Crippen molar-refractivity contribution in [2.45, 2.75) is 24.1 Å². The zero-order valence-electron chi connectivity index (χ0n) is 24.5. The Morgan fingerprint density at radius 3 is 2.40 bits per heavy atom. The number of aliphatic hydroxyl groups is 1. The molecule has 6 rings (SSSR count). The molecule has 4 heterocycles. The van der Waals surface area contributed by atoms with Crippen molar-refractivity contribution < 1.29 is 37.0 Å². The summed E-state index contributed by atoms with van der Waals surface area (Å²) < 4.78 is 63.8. The van der Waals surface area contributed by atoms with Crippen LogP contribution in [0.3, 0.4) is 0 Å². The number of fused-ring (bicyclic) bond motifs is 2. The van der Waals surface area contributed by atoms with Gasteiger partial charge in [-0.05, 0) is 55.5 Å². The number of pyridine rings is 2. The first-order valence-electron chi connectivity index (χ1n) is 14.0. The summed E-state index contributed by atoms with van der Waals surface area (Å²) in [4.78, 5) is 42.3. The predicted molar refractivity (Wildman–Crippen MR) is 161 cm³/mol. The normalized spacial score (nSPS) is 17.1. The Kier molecular flexibility index (Phi) is 7.51. The van der Waals surface area contributed by atoms with Crippen molar-refractivity contribution in [3.8, 4) is 28.1 Å². The molecular formula is C32H25F4N7O4. The Morgan fingerprint density at radius 1 is 1.04 bits per heavy atom. The molecule has 5 aromatic rings. The molecule has 11 nitrogen and oxygen atoms in total. The van der Waals surface area contributed by atoms with Gasteiger partial charge in [0, 0.05) is 51.8 Å². The molecule has 2 atom stereocenters. The van der Waals surface area contributed by atoms with E-state index >= 15 is 0 Å². The van der Waals surface area contributed by atoms with Crippen LogP contribution in [0.4, 0.5) is 23.5 Å². The Hall–Kier alpha value is -5.70. The average Bonchev–Trinajstić information content (AvgIpc) is 3.40. The summed E-state index contributed by atoms with van der Waals surface area (Å²) in [5.41, 5.74) is 6.11. The zero-order valence-corrected chi connectivity index (χ0v) is 24.5. The van der Waals surface area contributed by atoms with Gasteiger partial charge in [0.2, 0.25) is 17.5 Å². The van der Waals surface area contributed by atoms with Gasteiger partial charge in [0.1, 0.15) is 29.3 Å². The van der Waals surface area contributed by atoms with Gasteiger partial charge >= 0.3 is 6.18 Å². The number of alkyl halides is 3. The van der Waals surface area contributed by atoms with Crippen LogP contribution in [0.15, 0.2) is 73.2 Å². The molecule has 0 saturated heterocycles. The Morgan fingerprint density at radius 2 is 1.74 bits per heavy atom. The fourth-order valence-electron chi connectivity index (χ4n) is 5.27. The number of nitrogens with two attached hydrogens (primary N) is 2. The lowest BCUT2D eigenvalue weighted by Crippen LogP contribution is -2.51. The molecular weight excluding hydrogens is 622 g/mol. The van der Waals surface area contributed by atoms with Gasteiger partial charge in [0.25, 0.3) is 5.91 Å². The summed E-state index contributed by atoms with van der Waals surface area (Å²) in [6.07, 6.45) is -1.02. The van der Waals surface area contributed by atoms with E-state index in [1.165, 1.54) is 49.8 Å². The molecule has 47 heavy (non-hydrogen) atoms. The molecule has 0 bridgehead atoms. The number of hydrogen-bond acceptors (Lipinski definition) is 9. The molecule has 6 N–H and O–H groups in total. The van der Waals surface area contributed by atoms with Crippen molar-refractivity contribution >= 4 is 28.7 Å². The number of nitrogens with zero attached hydrogens (tertiary/aromatic N) is 4. The van der Waals surface area contributed by atoms with Crippen LogP contribution in [-0.4, -0.2) is 56.2 Å². The van der Waals surface area contributed by atoms with Crippen LogP contribution in [0.2, 0.25) is 0 Å². The van der Waals surface area contributed by atoms with Crippen LogP contribution in [0.1, 0.15) is 28.5 Å². The summed E-state index contributed by atoms with van der Waals surface area (Å²) >= 11 is 0. The number of nitrogens with one attached hydrogen (secondary N) is 1. The van der Waals surface area contributed by atoms with Crippen LogP contribution in [0, 0.1) is 5.82 Å². The highest BCUT2D eigenvalue weighted by Gasteiger charge is 2.57. The van der Waals surface area contributed by atoms with E-state index in [2.05, 4.69) is 25.3 Å². The molecule has 0 saturated carbocycles. The molecule has 1 aliphatic heterocycles. The van der Waals surface area contributed by atoms with E-state index in [1.54, 1.807) is 12.1 Å². The Balaban J connectivity index is 1.42. The summed E-state index contributed by atoms with van der Waals surface area (Å²) in [5.74, 6) is -2.50. The fourth-order valence-corrected chi connectivity index (χ4v) is 5.27. The van der Waals surface area contributed by atoms with Gasteiger partial charge in [-0.15, -0.1) is 0 Å². The Labute approximate surface area is 263 Å². The standard InChI is InChI=1S/C32H25F4N7O4/c1-30(28(37)45)15-47-26-22(30)11-23(43-25(26)16-4-6-20(33)7-5-16)31(46,32(34,35)36)14-42-27(44)18-9-17-3-2-8-39-24(17)21(10-18)19-12-40-29(38)41-13-19/h2-13,46H,14-15H2,1H3,(H2,37,45)(H,42,44)(H2,38,40,41)/t30-,31?/m0/s1. The number of anilines is 1. The quantitative estimate of drug-likeness (QED) is 0.191. The molecule has 0 fully saturated rings. The van der Waals surface area contributed by atoms with Gasteiger partial charge in [-0.2, -0.15) is 13.2 Å². The third-order valence-corrected chi connectivity index (χ3v) is 8.08. The molecule has 3 aromatic heterocycles. The molecule has 240 valence electrons. The van der Waals surface area contributed by atoms with Crippen molar-refractivity contribution in [1.29, 1.82) is 0 Å². The molecule has 1 unspecified atom stereocenters. The lowest BCUT2D eigenvalue weighted by Gasteiger charge is -2.31. The monoisotopic (exact) mass is 647 g/mol. The van der Waals surface area contributed by atoms with Crippen LogP contribution >= 0.6 is 0 Å². The summed E-state index contributed by atoms with van der Waals surface area (Å²) in [6, 6.07) is 11.7. The maximum atomic E-state index is 14.8. The second kappa shape index (κ2) is 11.3. The highest BCUT2D eigenvalue weighted by atomic mass is 19.4. The highest BCUT2D eigenvalue weighted by molar-refractivity contribution is 6.03. The number of primary amides is 1. The number of rotatable bonds is 7. The number of ether oxygens (including phenoxy) is 1. The summed E-state index contributed by atoms with van der Waals surface area (Å²) in [5, 5.41) is 14.0. The topological polar surface area (TPSA) is 179 Å². The Bertz CT molecular complexity index is 2040. The minimum Gasteiger partial charge on any atom is -0.489 e. The minimum atomic E-state index is -5.38. The van der Waals surface area contributed by atoms with Crippen molar-refractivity contribution in [2.24, 2.45) is 5.73 Å². The molecule has 0 radical (unpaired) electrons. The number of carbonyl (C=O) groups is 2. The highest BCUT2D eigenvalue weighted by Crippen LogP contribution is 2.47. The lowest BCUT2D eigenvalue weighted by molar-refractivity contribution is -0.265. The molecule has 0 spiro atoms. The second-order valence-corrected chi connectivity index (χ2v) is 11.2. The zero-order chi connectivity index (χ0) is 33.7. The van der Waals surface area contributed by atoms with Gasteiger partial charge in [-0.3, -0.25) is 14.6 Å². The van der Waals surface area contributed by atoms with Crippen molar-refractivity contribution in [3.63, 3.8) is 0 Å². The average molecular weight is 648 g/mol. The van der Waals surface area contributed by atoms with Crippen LogP contribution in [-0.2, 0) is 15.8 Å². The van der Waals surface area contributed by atoms with E-state index in [4.69, 9.17) is 16.2 Å². The first-order chi connectivity index (χ1) is 22.2. The van der Waals surface area contributed by atoms with Crippen molar-refractivity contribution in [3.05, 3.63) is 95.8 Å². The maximum Gasteiger partial charge on any atom is 0.424 e. The number of benzene rings is 2. The predicted octanol–water partition coefficient (Wildman–Crippen LogP) is 3.79. The third kappa shape index (κ3) is 5.43. The largest absolute Gasteiger partial charge is 0.489 e. The van der Waals surface area contributed by atoms with Gasteiger partial charge < -0.3 is 26.6 Å². The number of nitrogen functional groups attached to an aromatic ring is 1. The lowest BCUT2D eigenvalue weighted by atomic mass is 9.81. The summed E-state index contributed by atoms with van der Waals surface area (Å²) in [6.45, 7) is -0.300. The van der Waals surface area contributed by atoms with Gasteiger partial charge in [-0.1, -0.05) is 6.07 Å². The molecule has 0 aliphatic carbocycles. The van der Waals surface area contributed by atoms with Gasteiger partial charge in [-0.25, -0.2) is 19.3 Å². The number of carbonyl (C=O) groups excluding carboxylic acids is 2. The smallest absolute Gasteiger partial charge is 0.424 e. The first kappa shape index (κ1) is 31.3. The first-order valence-corrected chi connectivity index (χ1v) is 14.0. The van der Waals surface area contributed by atoms with E-state index in [0.717, 1.165) is 18.2 Å². The number of amides is 2. The van der Waals surface area contributed by atoms with Crippen molar-refractivity contribution in [1.82, 2.24) is 25.3 Å². The van der Waals surface area contributed by atoms with Crippen LogP contribution in [0.25, 0.3) is 33.3 Å². The van der Waals surface area contributed by atoms with Crippen LogP contribution < -0.4 is 21.5 Å². The van der Waals surface area contributed by atoms with E-state index in [9.17, 15) is 32.3 Å². The van der Waals surface area contributed by atoms with E-state index in [0.29, 0.717) is 22.0 Å². The maximum absolute atomic E-state index is 14.8. The van der Waals surface area contributed by atoms with Gasteiger partial charge in [0.15, 0.2) is 0 Å². The SMILES string of the molecule is C[C@]1(C(N)=O)COc2c1cc(C(O)(CNC(=O)c1cc(-c3cnc(N)nc3)c3ncccc3c1)C(F)(F)F)nc2-c1ccc(F)cc1. The second-order valence-electron chi connectivity index (χ2n) is 11.2. The summed E-state index contributed by atoms with van der Waals surface area (Å²) in [7, 11) is 0. The van der Waals surface area contributed by atoms with Crippen molar-refractivity contribution in [2.75, 3.05) is 18.9 Å². The van der Waals surface area contributed by atoms with Gasteiger partial charge in [0.05, 0.1) is 17.8 Å². The molecule has 1 aliphatic rings. The number of halogens is 4. The van der Waals surface area contributed by atoms with E-state index in [1.807, 2.05) is 0 Å². The van der Waals surface area contributed by atoms with Crippen LogP contribution in [0.5, 0.6) is 5.75 Å². The minimum absolute atomic E-state index is 0.0109. The number of hydrogen-bond donors (Lipinski definition) is 4. The fraction of sp³-hybridized carbons (Fsp3) is 0.188. The third-order valence-electron chi connectivity index (χ3n) is 8.08. The van der Waals surface area contributed by atoms with E-state index in [-0.39, 0.29) is 40.7 Å². The molecule has 15 heteroatoms. The molecule has 2 aromatic carbocycles. The molecule has 2 amide bonds. The van der Waals surface area contributed by atoms with E-state index < -0.39 is 47.1 Å².